The number of nitrogens with zero attached hydrogens (tertiary/aromatic N) is 4. The Kier molecular flexibility index (Phi) is 6.26. The number of benzene rings is 2. The molecule has 0 saturated carbocycles. The quantitative estimate of drug-likeness (QED) is 0.565. The summed E-state index contributed by atoms with van der Waals surface area (Å²) in [4.78, 5) is 14.2. The predicted octanol–water partition coefficient (Wildman–Crippen LogP) is 3.10. The van der Waals surface area contributed by atoms with Gasteiger partial charge in [-0.15, -0.1) is 0 Å². The van der Waals surface area contributed by atoms with Gasteiger partial charge in [-0.3, -0.25) is 9.48 Å². The van der Waals surface area contributed by atoms with Crippen molar-refractivity contribution < 1.29 is 26.4 Å². The third-order valence-electron chi connectivity index (χ3n) is 5.41. The summed E-state index contributed by atoms with van der Waals surface area (Å²) in [5.41, 5.74) is 0.538. The standard InChI is InChI=1S/C22H21F3N4O3S/c23-22(24,25)19-6-8-20(9-7-19)33(31,32)29-12-10-27(11-13-29)21(30)18-14-26-28(16-18)15-17-4-2-1-3-5-17/h1-9,14,16H,10-13,15H2. The van der Waals surface area contributed by atoms with Gasteiger partial charge in [0.25, 0.3) is 5.91 Å². The molecule has 2 aromatic carbocycles. The summed E-state index contributed by atoms with van der Waals surface area (Å²) >= 11 is 0. The number of piperazine rings is 1. The first-order valence-corrected chi connectivity index (χ1v) is 11.6. The monoisotopic (exact) mass is 478 g/mol. The van der Waals surface area contributed by atoms with Gasteiger partial charge in [-0.1, -0.05) is 30.3 Å². The highest BCUT2D eigenvalue weighted by Crippen LogP contribution is 2.30. The highest BCUT2D eigenvalue weighted by atomic mass is 32.2. The number of amides is 1. The van der Waals surface area contributed by atoms with Crippen molar-refractivity contribution in [3.8, 4) is 0 Å². The van der Waals surface area contributed by atoms with Crippen LogP contribution in [0.1, 0.15) is 21.5 Å². The molecular weight excluding hydrogens is 457 g/mol. The van der Waals surface area contributed by atoms with Crippen LogP contribution in [-0.4, -0.2) is 59.5 Å². The number of carbonyl (C=O) groups is 1. The maximum Gasteiger partial charge on any atom is 0.416 e. The largest absolute Gasteiger partial charge is 0.416 e. The molecule has 1 aliphatic heterocycles. The van der Waals surface area contributed by atoms with Crippen LogP contribution < -0.4 is 0 Å². The fourth-order valence-corrected chi connectivity index (χ4v) is 5.03. The predicted molar refractivity (Wildman–Crippen MR) is 114 cm³/mol. The van der Waals surface area contributed by atoms with E-state index in [4.69, 9.17) is 0 Å². The second-order valence-corrected chi connectivity index (χ2v) is 9.57. The van der Waals surface area contributed by atoms with Crippen LogP contribution in [0.2, 0.25) is 0 Å². The van der Waals surface area contributed by atoms with Gasteiger partial charge in [-0.2, -0.15) is 22.6 Å². The van der Waals surface area contributed by atoms with Gasteiger partial charge in [-0.25, -0.2) is 8.42 Å². The van der Waals surface area contributed by atoms with Crippen molar-refractivity contribution in [1.29, 1.82) is 0 Å². The highest BCUT2D eigenvalue weighted by molar-refractivity contribution is 7.89. The number of hydrogen-bond acceptors (Lipinski definition) is 4. The molecule has 33 heavy (non-hydrogen) atoms. The maximum absolute atomic E-state index is 12.8. The van der Waals surface area contributed by atoms with Gasteiger partial charge in [-0.05, 0) is 29.8 Å². The van der Waals surface area contributed by atoms with E-state index in [1.807, 2.05) is 30.3 Å². The van der Waals surface area contributed by atoms with E-state index in [2.05, 4.69) is 5.10 Å². The van der Waals surface area contributed by atoms with E-state index in [1.54, 1.807) is 15.8 Å². The lowest BCUT2D eigenvalue weighted by molar-refractivity contribution is -0.137. The number of carbonyl (C=O) groups excluding carboxylic acids is 1. The molecule has 1 fully saturated rings. The van der Waals surface area contributed by atoms with Crippen LogP contribution in [0.3, 0.4) is 0 Å². The Morgan fingerprint density at radius 2 is 1.58 bits per heavy atom. The van der Waals surface area contributed by atoms with Gasteiger partial charge in [0.05, 0.1) is 28.8 Å². The molecule has 0 radical (unpaired) electrons. The van der Waals surface area contributed by atoms with Gasteiger partial charge < -0.3 is 4.90 Å². The fraction of sp³-hybridized carbons (Fsp3) is 0.273. The van der Waals surface area contributed by atoms with Crippen LogP contribution in [0.5, 0.6) is 0 Å². The van der Waals surface area contributed by atoms with E-state index in [0.717, 1.165) is 29.8 Å². The normalized spacial score (nSPS) is 15.5. The Hall–Kier alpha value is -3.18. The minimum absolute atomic E-state index is 0.0489. The molecule has 1 amide bonds. The number of sulfonamides is 1. The molecule has 2 heterocycles. The topological polar surface area (TPSA) is 75.5 Å². The summed E-state index contributed by atoms with van der Waals surface area (Å²) in [5.74, 6) is -0.249. The number of hydrogen-bond donors (Lipinski definition) is 0. The second kappa shape index (κ2) is 8.99. The van der Waals surface area contributed by atoms with Crippen molar-refractivity contribution in [2.45, 2.75) is 17.6 Å². The van der Waals surface area contributed by atoms with Crippen molar-refractivity contribution >= 4 is 15.9 Å². The number of halogens is 3. The first kappa shape index (κ1) is 23.0. The molecular formula is C22H21F3N4O3S. The molecule has 0 unspecified atom stereocenters. The summed E-state index contributed by atoms with van der Waals surface area (Å²) in [6.45, 7) is 0.957. The van der Waals surface area contributed by atoms with E-state index in [1.165, 1.54) is 10.5 Å². The van der Waals surface area contributed by atoms with E-state index in [0.29, 0.717) is 12.1 Å². The van der Waals surface area contributed by atoms with Crippen molar-refractivity contribution in [1.82, 2.24) is 19.0 Å². The van der Waals surface area contributed by atoms with Gasteiger partial charge in [0.1, 0.15) is 0 Å². The van der Waals surface area contributed by atoms with Crippen molar-refractivity contribution in [3.05, 3.63) is 83.7 Å². The van der Waals surface area contributed by atoms with E-state index < -0.39 is 21.8 Å². The summed E-state index contributed by atoms with van der Waals surface area (Å²) in [6.07, 6.45) is -1.40. The minimum Gasteiger partial charge on any atom is -0.336 e. The van der Waals surface area contributed by atoms with Crippen LogP contribution in [0.4, 0.5) is 13.2 Å². The second-order valence-electron chi connectivity index (χ2n) is 7.63. The summed E-state index contributed by atoms with van der Waals surface area (Å²) < 4.78 is 66.6. The Bertz CT molecular complexity index is 1220. The Morgan fingerprint density at radius 3 is 2.18 bits per heavy atom. The van der Waals surface area contributed by atoms with E-state index in [9.17, 15) is 26.4 Å². The zero-order chi connectivity index (χ0) is 23.6. The van der Waals surface area contributed by atoms with E-state index in [-0.39, 0.29) is 37.0 Å². The Morgan fingerprint density at radius 1 is 0.939 bits per heavy atom. The molecule has 174 valence electrons. The van der Waals surface area contributed by atoms with Gasteiger partial charge in [0.2, 0.25) is 10.0 Å². The van der Waals surface area contributed by atoms with Gasteiger partial charge >= 0.3 is 6.18 Å². The first-order chi connectivity index (χ1) is 15.6. The smallest absolute Gasteiger partial charge is 0.336 e. The molecule has 0 bridgehead atoms. The van der Waals surface area contributed by atoms with Crippen LogP contribution in [0.25, 0.3) is 0 Å². The lowest BCUT2D eigenvalue weighted by atomic mass is 10.2. The molecule has 7 nitrogen and oxygen atoms in total. The third-order valence-corrected chi connectivity index (χ3v) is 7.33. The van der Waals surface area contributed by atoms with E-state index >= 15 is 0 Å². The van der Waals surface area contributed by atoms with Crippen LogP contribution in [0, 0.1) is 0 Å². The Balaban J connectivity index is 1.38. The van der Waals surface area contributed by atoms with Crippen LogP contribution >= 0.6 is 0 Å². The zero-order valence-electron chi connectivity index (χ0n) is 17.4. The summed E-state index contributed by atoms with van der Waals surface area (Å²) in [7, 11) is -3.96. The third kappa shape index (κ3) is 5.09. The lowest BCUT2D eigenvalue weighted by Gasteiger charge is -2.33. The molecule has 1 saturated heterocycles. The molecule has 1 aromatic heterocycles. The molecule has 0 aliphatic carbocycles. The lowest BCUT2D eigenvalue weighted by Crippen LogP contribution is -2.50. The molecule has 0 spiro atoms. The van der Waals surface area contributed by atoms with Gasteiger partial charge in [0, 0.05) is 32.4 Å². The van der Waals surface area contributed by atoms with Crippen LogP contribution in [0.15, 0.2) is 71.9 Å². The van der Waals surface area contributed by atoms with Crippen molar-refractivity contribution in [3.63, 3.8) is 0 Å². The fourth-order valence-electron chi connectivity index (χ4n) is 3.61. The maximum atomic E-state index is 12.8. The average Bonchev–Trinajstić information content (AvgIpc) is 3.27. The molecule has 1 aliphatic rings. The number of aromatic nitrogens is 2. The minimum atomic E-state index is -4.54. The van der Waals surface area contributed by atoms with Crippen molar-refractivity contribution in [2.24, 2.45) is 0 Å². The average molecular weight is 478 g/mol. The number of rotatable bonds is 5. The molecule has 0 atom stereocenters. The summed E-state index contributed by atoms with van der Waals surface area (Å²) in [6, 6.07) is 13.1. The Labute approximate surface area is 189 Å². The van der Waals surface area contributed by atoms with Crippen molar-refractivity contribution in [2.75, 3.05) is 26.2 Å². The zero-order valence-corrected chi connectivity index (χ0v) is 18.3. The molecule has 4 rings (SSSR count). The first-order valence-electron chi connectivity index (χ1n) is 10.2. The molecule has 0 N–H and O–H groups in total. The highest BCUT2D eigenvalue weighted by Gasteiger charge is 2.33. The molecule has 11 heteroatoms. The summed E-state index contributed by atoms with van der Waals surface area (Å²) in [5, 5.41) is 4.23. The number of alkyl halides is 3. The molecule has 3 aromatic rings. The SMILES string of the molecule is O=C(c1cnn(Cc2ccccc2)c1)N1CCN(S(=O)(=O)c2ccc(C(F)(F)F)cc2)CC1. The van der Waals surface area contributed by atoms with Crippen LogP contribution in [-0.2, 0) is 22.7 Å². The van der Waals surface area contributed by atoms with Gasteiger partial charge in [0.15, 0.2) is 0 Å².